The molecule has 41 heavy (non-hydrogen) atoms. The molecule has 0 radical (unpaired) electrons. The fraction of sp³-hybridized carbons (Fsp3) is 0.344. The molecular weight excluding hydrogens is 520 g/mol. The Morgan fingerprint density at radius 3 is 2.12 bits per heavy atom. The maximum Gasteiger partial charge on any atom is 0.321 e. The summed E-state index contributed by atoms with van der Waals surface area (Å²) in [6.07, 6.45) is 0. The molecule has 0 bridgehead atoms. The van der Waals surface area contributed by atoms with E-state index < -0.39 is 23.8 Å². The van der Waals surface area contributed by atoms with E-state index in [9.17, 15) is 9.59 Å². The number of ether oxygens (including phenoxy) is 3. The fourth-order valence-corrected chi connectivity index (χ4v) is 5.59. The van der Waals surface area contributed by atoms with Gasteiger partial charge in [0.25, 0.3) is 0 Å². The highest BCUT2D eigenvalue weighted by molar-refractivity contribution is 6.08. The van der Waals surface area contributed by atoms with Crippen LogP contribution in [0, 0.1) is 5.92 Å². The lowest BCUT2D eigenvalue weighted by molar-refractivity contribution is -0.153. The SMILES string of the molecule is CCOC(=O)[C@@H]1C(=O)NC(N2CCN(C(c3ccccc3)c3ccccc3)CC2)=N[C@H]1c1ccc(OC)cc1OC. The van der Waals surface area contributed by atoms with Crippen molar-refractivity contribution in [3.63, 3.8) is 0 Å². The molecule has 5 rings (SSSR count). The predicted octanol–water partition coefficient (Wildman–Crippen LogP) is 3.82. The number of hydrogen-bond acceptors (Lipinski definition) is 8. The van der Waals surface area contributed by atoms with E-state index in [-0.39, 0.29) is 12.6 Å². The molecule has 0 saturated carbocycles. The van der Waals surface area contributed by atoms with E-state index in [1.54, 1.807) is 39.3 Å². The van der Waals surface area contributed by atoms with Crippen LogP contribution in [0.25, 0.3) is 0 Å². The lowest BCUT2D eigenvalue weighted by atomic mass is 9.90. The molecule has 2 atom stereocenters. The number of rotatable bonds is 8. The van der Waals surface area contributed by atoms with Crippen molar-refractivity contribution in [1.29, 1.82) is 0 Å². The lowest BCUT2D eigenvalue weighted by Gasteiger charge is -2.42. The third-order valence-electron chi connectivity index (χ3n) is 7.60. The molecule has 0 unspecified atom stereocenters. The second kappa shape index (κ2) is 12.9. The lowest BCUT2D eigenvalue weighted by Crippen LogP contribution is -2.57. The first-order valence-electron chi connectivity index (χ1n) is 13.9. The number of nitrogens with zero attached hydrogens (tertiary/aromatic N) is 3. The summed E-state index contributed by atoms with van der Waals surface area (Å²) in [5.74, 6) is -0.652. The maximum absolute atomic E-state index is 13.4. The van der Waals surface area contributed by atoms with E-state index in [0.717, 1.165) is 13.1 Å². The Morgan fingerprint density at radius 1 is 0.927 bits per heavy atom. The molecule has 0 aliphatic carbocycles. The van der Waals surface area contributed by atoms with Crippen molar-refractivity contribution in [1.82, 2.24) is 15.1 Å². The number of hydrogen-bond donors (Lipinski definition) is 1. The summed E-state index contributed by atoms with van der Waals surface area (Å²) in [5, 5.41) is 2.89. The van der Waals surface area contributed by atoms with Crippen molar-refractivity contribution in [3.8, 4) is 11.5 Å². The molecule has 1 saturated heterocycles. The van der Waals surface area contributed by atoms with Gasteiger partial charge in [-0.15, -0.1) is 0 Å². The second-order valence-electron chi connectivity index (χ2n) is 9.97. The number of benzene rings is 3. The molecule has 9 heteroatoms. The molecule has 2 heterocycles. The van der Waals surface area contributed by atoms with Crippen molar-refractivity contribution < 1.29 is 23.8 Å². The van der Waals surface area contributed by atoms with Crippen LogP contribution in [-0.2, 0) is 14.3 Å². The summed E-state index contributed by atoms with van der Waals surface area (Å²) in [4.78, 5) is 35.8. The number of carbonyl (C=O) groups is 2. The highest BCUT2D eigenvalue weighted by Gasteiger charge is 2.43. The van der Waals surface area contributed by atoms with E-state index in [0.29, 0.717) is 36.1 Å². The van der Waals surface area contributed by atoms with Crippen LogP contribution in [0.3, 0.4) is 0 Å². The Labute approximate surface area is 240 Å². The molecule has 1 fully saturated rings. The number of aliphatic imine (C=N–C) groups is 1. The molecule has 2 aliphatic heterocycles. The van der Waals surface area contributed by atoms with Gasteiger partial charge in [0.1, 0.15) is 17.5 Å². The number of methoxy groups -OCH3 is 2. The zero-order chi connectivity index (χ0) is 28.8. The third-order valence-corrected chi connectivity index (χ3v) is 7.60. The molecular formula is C32H36N4O5. The molecule has 0 spiro atoms. The molecule has 3 aromatic carbocycles. The van der Waals surface area contributed by atoms with Crippen LogP contribution in [0.15, 0.2) is 83.9 Å². The fourth-order valence-electron chi connectivity index (χ4n) is 5.59. The summed E-state index contributed by atoms with van der Waals surface area (Å²) in [6, 6.07) is 25.6. The van der Waals surface area contributed by atoms with E-state index >= 15 is 0 Å². The van der Waals surface area contributed by atoms with Gasteiger partial charge in [0, 0.05) is 37.8 Å². The normalized spacial score (nSPS) is 19.4. The van der Waals surface area contributed by atoms with Crippen LogP contribution in [0.2, 0.25) is 0 Å². The quantitative estimate of drug-likeness (QED) is 0.333. The van der Waals surface area contributed by atoms with E-state index in [4.69, 9.17) is 19.2 Å². The first-order chi connectivity index (χ1) is 20.0. The summed E-state index contributed by atoms with van der Waals surface area (Å²) in [5.41, 5.74) is 3.09. The van der Waals surface area contributed by atoms with Crippen LogP contribution >= 0.6 is 0 Å². The molecule has 1 N–H and O–H groups in total. The summed E-state index contributed by atoms with van der Waals surface area (Å²) >= 11 is 0. The molecule has 2 aliphatic rings. The van der Waals surface area contributed by atoms with Gasteiger partial charge in [-0.1, -0.05) is 60.7 Å². The number of carbonyl (C=O) groups excluding carboxylic acids is 2. The molecule has 0 aromatic heterocycles. The average molecular weight is 557 g/mol. The van der Waals surface area contributed by atoms with Crippen LogP contribution in [-0.4, -0.2) is 74.6 Å². The number of piperazine rings is 1. The van der Waals surface area contributed by atoms with Crippen LogP contribution in [0.4, 0.5) is 0 Å². The molecule has 9 nitrogen and oxygen atoms in total. The minimum Gasteiger partial charge on any atom is -0.497 e. The number of nitrogens with one attached hydrogen (secondary N) is 1. The van der Waals surface area contributed by atoms with Gasteiger partial charge < -0.3 is 19.1 Å². The van der Waals surface area contributed by atoms with Gasteiger partial charge in [-0.3, -0.25) is 19.8 Å². The van der Waals surface area contributed by atoms with Crippen molar-refractivity contribution >= 4 is 17.8 Å². The zero-order valence-corrected chi connectivity index (χ0v) is 23.7. The maximum atomic E-state index is 13.4. The molecule has 214 valence electrons. The summed E-state index contributed by atoms with van der Waals surface area (Å²) in [6.45, 7) is 4.73. The minimum absolute atomic E-state index is 0.118. The standard InChI is InChI=1S/C32H36N4O5/c1-4-41-31(38)27-28(25-16-15-24(39-2)21-26(25)40-3)33-32(34-30(27)37)36-19-17-35(18-20-36)29(22-11-7-5-8-12-22)23-13-9-6-10-14-23/h5-16,21,27-29H,4,17-20H2,1-3H3,(H,33,34,37)/t27-,28-/m0/s1. The Balaban J connectivity index is 1.42. The number of guanidine groups is 1. The predicted molar refractivity (Wildman–Crippen MR) is 156 cm³/mol. The first kappa shape index (κ1) is 28.2. The highest BCUT2D eigenvalue weighted by atomic mass is 16.5. The summed E-state index contributed by atoms with van der Waals surface area (Å²) < 4.78 is 16.2. The van der Waals surface area contributed by atoms with Crippen LogP contribution in [0.1, 0.15) is 35.7 Å². The van der Waals surface area contributed by atoms with Crippen LogP contribution < -0.4 is 14.8 Å². The van der Waals surface area contributed by atoms with Crippen molar-refractivity contribution in [2.75, 3.05) is 47.0 Å². The van der Waals surface area contributed by atoms with Gasteiger partial charge in [0.15, 0.2) is 5.92 Å². The van der Waals surface area contributed by atoms with Gasteiger partial charge >= 0.3 is 5.97 Å². The first-order valence-corrected chi connectivity index (χ1v) is 13.9. The van der Waals surface area contributed by atoms with Crippen molar-refractivity contribution in [2.45, 2.75) is 19.0 Å². The summed E-state index contributed by atoms with van der Waals surface area (Å²) in [7, 11) is 3.11. The minimum atomic E-state index is -1.14. The molecule has 3 aromatic rings. The third kappa shape index (κ3) is 6.05. The smallest absolute Gasteiger partial charge is 0.321 e. The van der Waals surface area contributed by atoms with Gasteiger partial charge in [-0.25, -0.2) is 4.99 Å². The van der Waals surface area contributed by atoms with Crippen LogP contribution in [0.5, 0.6) is 11.5 Å². The van der Waals surface area contributed by atoms with E-state index in [2.05, 4.69) is 63.6 Å². The van der Waals surface area contributed by atoms with Crippen molar-refractivity contribution in [2.24, 2.45) is 10.9 Å². The number of esters is 1. The average Bonchev–Trinajstić information content (AvgIpc) is 3.02. The van der Waals surface area contributed by atoms with Gasteiger partial charge in [0.2, 0.25) is 11.9 Å². The number of amides is 1. The Bertz CT molecular complexity index is 1330. The van der Waals surface area contributed by atoms with Gasteiger partial charge in [-0.2, -0.15) is 0 Å². The Hall–Kier alpha value is -4.37. The largest absolute Gasteiger partial charge is 0.497 e. The second-order valence-corrected chi connectivity index (χ2v) is 9.97. The van der Waals surface area contributed by atoms with E-state index in [1.807, 2.05) is 12.1 Å². The van der Waals surface area contributed by atoms with E-state index in [1.165, 1.54) is 11.1 Å². The molecule has 1 amide bonds. The Morgan fingerprint density at radius 2 is 1.56 bits per heavy atom. The zero-order valence-electron chi connectivity index (χ0n) is 23.7. The topological polar surface area (TPSA) is 92.7 Å². The van der Waals surface area contributed by atoms with Crippen molar-refractivity contribution in [3.05, 3.63) is 95.6 Å². The van der Waals surface area contributed by atoms with Gasteiger partial charge in [-0.05, 0) is 30.2 Å². The Kier molecular flexibility index (Phi) is 8.84. The highest BCUT2D eigenvalue weighted by Crippen LogP contribution is 2.38. The monoisotopic (exact) mass is 556 g/mol. The van der Waals surface area contributed by atoms with Gasteiger partial charge in [0.05, 0.1) is 26.9 Å².